The van der Waals surface area contributed by atoms with Crippen molar-refractivity contribution < 1.29 is 5.11 Å². The number of benzene rings is 2. The summed E-state index contributed by atoms with van der Waals surface area (Å²) < 4.78 is 1.02. The summed E-state index contributed by atoms with van der Waals surface area (Å²) in [4.78, 5) is 0. The molecule has 88 valence electrons. The van der Waals surface area contributed by atoms with Crippen LogP contribution in [0.1, 0.15) is 28.4 Å². The SMILES string of the molecule is Cc1ccc(C(O)c2ccc(Br)cc2)cc1C. The number of hydrogen-bond acceptors (Lipinski definition) is 1. The zero-order chi connectivity index (χ0) is 12.4. The van der Waals surface area contributed by atoms with Crippen molar-refractivity contribution in [1.82, 2.24) is 0 Å². The molecule has 2 aromatic rings. The second-order valence-corrected chi connectivity index (χ2v) is 5.21. The summed E-state index contributed by atoms with van der Waals surface area (Å²) in [7, 11) is 0. The minimum atomic E-state index is -0.553. The molecule has 0 saturated carbocycles. The first-order chi connectivity index (χ1) is 8.08. The number of aryl methyl sites for hydroxylation is 2. The Bertz CT molecular complexity index is 517. The normalized spacial score (nSPS) is 12.5. The lowest BCUT2D eigenvalue weighted by molar-refractivity contribution is 0.220. The third-order valence-corrected chi connectivity index (χ3v) is 3.56. The molecule has 0 amide bonds. The Balaban J connectivity index is 2.33. The van der Waals surface area contributed by atoms with E-state index >= 15 is 0 Å². The fraction of sp³-hybridized carbons (Fsp3) is 0.200. The lowest BCUT2D eigenvalue weighted by Crippen LogP contribution is -2.00. The third kappa shape index (κ3) is 2.76. The van der Waals surface area contributed by atoms with E-state index < -0.39 is 6.10 Å². The van der Waals surface area contributed by atoms with E-state index in [0.29, 0.717) is 0 Å². The van der Waals surface area contributed by atoms with Gasteiger partial charge in [0.2, 0.25) is 0 Å². The summed E-state index contributed by atoms with van der Waals surface area (Å²) in [6.45, 7) is 4.14. The minimum Gasteiger partial charge on any atom is -0.384 e. The van der Waals surface area contributed by atoms with Crippen LogP contribution in [0.3, 0.4) is 0 Å². The first-order valence-corrected chi connectivity index (χ1v) is 6.38. The topological polar surface area (TPSA) is 20.2 Å². The predicted octanol–water partition coefficient (Wildman–Crippen LogP) is 4.15. The van der Waals surface area contributed by atoms with Crippen molar-refractivity contribution in [3.8, 4) is 0 Å². The van der Waals surface area contributed by atoms with Crippen LogP contribution in [0.4, 0.5) is 0 Å². The summed E-state index contributed by atoms with van der Waals surface area (Å²) in [6.07, 6.45) is -0.553. The highest BCUT2D eigenvalue weighted by Gasteiger charge is 2.10. The van der Waals surface area contributed by atoms with E-state index in [9.17, 15) is 5.11 Å². The van der Waals surface area contributed by atoms with Gasteiger partial charge < -0.3 is 5.11 Å². The van der Waals surface area contributed by atoms with Gasteiger partial charge >= 0.3 is 0 Å². The van der Waals surface area contributed by atoms with Crippen LogP contribution in [0.2, 0.25) is 0 Å². The van der Waals surface area contributed by atoms with Crippen LogP contribution in [-0.2, 0) is 0 Å². The van der Waals surface area contributed by atoms with Gasteiger partial charge in [0.1, 0.15) is 6.10 Å². The molecule has 1 unspecified atom stereocenters. The van der Waals surface area contributed by atoms with Crippen molar-refractivity contribution >= 4 is 15.9 Å². The molecule has 17 heavy (non-hydrogen) atoms. The molecule has 2 aromatic carbocycles. The van der Waals surface area contributed by atoms with Crippen LogP contribution in [0, 0.1) is 13.8 Å². The number of rotatable bonds is 2. The Morgan fingerprint density at radius 1 is 0.882 bits per heavy atom. The van der Waals surface area contributed by atoms with E-state index in [2.05, 4.69) is 29.8 Å². The zero-order valence-corrected chi connectivity index (χ0v) is 11.5. The van der Waals surface area contributed by atoms with Crippen LogP contribution < -0.4 is 0 Å². The second-order valence-electron chi connectivity index (χ2n) is 4.30. The highest BCUT2D eigenvalue weighted by molar-refractivity contribution is 9.10. The number of aliphatic hydroxyl groups excluding tert-OH is 1. The van der Waals surface area contributed by atoms with Crippen molar-refractivity contribution in [3.05, 3.63) is 69.2 Å². The molecule has 0 fully saturated rings. The van der Waals surface area contributed by atoms with Crippen molar-refractivity contribution in [3.63, 3.8) is 0 Å². The van der Waals surface area contributed by atoms with Gasteiger partial charge in [0.05, 0.1) is 0 Å². The van der Waals surface area contributed by atoms with Gasteiger partial charge in [0, 0.05) is 4.47 Å². The van der Waals surface area contributed by atoms with Gasteiger partial charge in [0.25, 0.3) is 0 Å². The van der Waals surface area contributed by atoms with Gasteiger partial charge in [-0.05, 0) is 48.2 Å². The molecule has 0 aromatic heterocycles. The maximum Gasteiger partial charge on any atom is 0.104 e. The van der Waals surface area contributed by atoms with Gasteiger partial charge in [-0.15, -0.1) is 0 Å². The summed E-state index contributed by atoms with van der Waals surface area (Å²) >= 11 is 3.39. The first kappa shape index (κ1) is 12.3. The van der Waals surface area contributed by atoms with E-state index in [4.69, 9.17) is 0 Å². The molecule has 0 spiro atoms. The Morgan fingerprint density at radius 3 is 2.06 bits per heavy atom. The Hall–Kier alpha value is -1.12. The molecule has 0 aliphatic rings. The van der Waals surface area contributed by atoms with Gasteiger partial charge in [0.15, 0.2) is 0 Å². The van der Waals surface area contributed by atoms with Crippen LogP contribution in [-0.4, -0.2) is 5.11 Å². The van der Waals surface area contributed by atoms with E-state index in [0.717, 1.165) is 15.6 Å². The molecule has 2 heteroatoms. The van der Waals surface area contributed by atoms with Crippen LogP contribution in [0.25, 0.3) is 0 Å². The number of halogens is 1. The molecule has 0 radical (unpaired) electrons. The summed E-state index contributed by atoms with van der Waals surface area (Å²) in [5, 5.41) is 10.3. The van der Waals surface area contributed by atoms with E-state index in [1.807, 2.05) is 42.5 Å². The molecule has 1 N–H and O–H groups in total. The van der Waals surface area contributed by atoms with E-state index in [-0.39, 0.29) is 0 Å². The average Bonchev–Trinajstić information content (AvgIpc) is 2.33. The number of aliphatic hydroxyl groups is 1. The predicted molar refractivity (Wildman–Crippen MR) is 74.1 cm³/mol. The standard InChI is InChI=1S/C15H15BrO/c1-10-3-4-13(9-11(10)2)15(17)12-5-7-14(16)8-6-12/h3-9,15,17H,1-2H3. The quantitative estimate of drug-likeness (QED) is 0.881. The molecule has 0 aliphatic carbocycles. The van der Waals surface area contributed by atoms with E-state index in [1.54, 1.807) is 0 Å². The largest absolute Gasteiger partial charge is 0.384 e. The van der Waals surface area contributed by atoms with Gasteiger partial charge in [-0.2, -0.15) is 0 Å². The average molecular weight is 291 g/mol. The molecule has 0 bridgehead atoms. The van der Waals surface area contributed by atoms with Crippen molar-refractivity contribution in [2.45, 2.75) is 20.0 Å². The van der Waals surface area contributed by atoms with Crippen LogP contribution in [0.5, 0.6) is 0 Å². The van der Waals surface area contributed by atoms with Gasteiger partial charge in [-0.3, -0.25) is 0 Å². The van der Waals surface area contributed by atoms with Crippen molar-refractivity contribution in [2.75, 3.05) is 0 Å². The lowest BCUT2D eigenvalue weighted by atomic mass is 9.98. The smallest absolute Gasteiger partial charge is 0.104 e. The summed E-state index contributed by atoms with van der Waals surface area (Å²) in [5.41, 5.74) is 4.31. The third-order valence-electron chi connectivity index (χ3n) is 3.03. The molecular formula is C15H15BrO. The molecular weight excluding hydrogens is 276 g/mol. The molecule has 0 aliphatic heterocycles. The van der Waals surface area contributed by atoms with Gasteiger partial charge in [-0.25, -0.2) is 0 Å². The molecule has 0 heterocycles. The Kier molecular flexibility index (Phi) is 3.65. The molecule has 1 nitrogen and oxygen atoms in total. The summed E-state index contributed by atoms with van der Waals surface area (Å²) in [6, 6.07) is 13.8. The first-order valence-electron chi connectivity index (χ1n) is 5.58. The maximum absolute atomic E-state index is 10.3. The second kappa shape index (κ2) is 5.03. The van der Waals surface area contributed by atoms with Crippen LogP contribution in [0.15, 0.2) is 46.9 Å². The monoisotopic (exact) mass is 290 g/mol. The Labute approximate surface area is 110 Å². The van der Waals surface area contributed by atoms with Gasteiger partial charge in [-0.1, -0.05) is 46.3 Å². The number of hydrogen-bond donors (Lipinski definition) is 1. The minimum absolute atomic E-state index is 0.553. The van der Waals surface area contributed by atoms with Crippen molar-refractivity contribution in [1.29, 1.82) is 0 Å². The fourth-order valence-corrected chi connectivity index (χ4v) is 2.04. The van der Waals surface area contributed by atoms with Crippen LogP contribution >= 0.6 is 15.9 Å². The highest BCUT2D eigenvalue weighted by atomic mass is 79.9. The van der Waals surface area contributed by atoms with E-state index in [1.165, 1.54) is 11.1 Å². The summed E-state index contributed by atoms with van der Waals surface area (Å²) in [5.74, 6) is 0. The molecule has 0 saturated heterocycles. The fourth-order valence-electron chi connectivity index (χ4n) is 1.77. The van der Waals surface area contributed by atoms with Crippen molar-refractivity contribution in [2.24, 2.45) is 0 Å². The maximum atomic E-state index is 10.3. The zero-order valence-electron chi connectivity index (χ0n) is 9.94. The highest BCUT2D eigenvalue weighted by Crippen LogP contribution is 2.24. The molecule has 2 rings (SSSR count). The molecule has 1 atom stereocenters. The lowest BCUT2D eigenvalue weighted by Gasteiger charge is -2.13. The Morgan fingerprint density at radius 2 is 1.47 bits per heavy atom.